The van der Waals surface area contributed by atoms with Crippen molar-refractivity contribution in [1.82, 2.24) is 0 Å². The molecule has 0 saturated heterocycles. The van der Waals surface area contributed by atoms with E-state index < -0.39 is 0 Å². The van der Waals surface area contributed by atoms with Gasteiger partial charge in [-0.3, -0.25) is 0 Å². The Labute approximate surface area is 102 Å². The van der Waals surface area contributed by atoms with E-state index in [-0.39, 0.29) is 0 Å². The Morgan fingerprint density at radius 3 is 2.93 bits per heavy atom. The normalized spacial score (nSPS) is 10.5. The molecule has 1 aromatic heterocycles. The van der Waals surface area contributed by atoms with Crippen LogP contribution in [0, 0.1) is 0 Å². The third kappa shape index (κ3) is 2.91. The number of thioether (sulfide) groups is 1. The molecule has 0 fully saturated rings. The lowest BCUT2D eigenvalue weighted by atomic mass is 10.2. The highest BCUT2D eigenvalue weighted by molar-refractivity contribution is 8.00. The SMILES string of the molecule is Nc1ccc(Cl)c(CSc2cccs2)c1. The van der Waals surface area contributed by atoms with Crippen LogP contribution in [0.15, 0.2) is 39.9 Å². The van der Waals surface area contributed by atoms with Crippen molar-refractivity contribution in [2.75, 3.05) is 5.73 Å². The van der Waals surface area contributed by atoms with Crippen molar-refractivity contribution in [2.24, 2.45) is 0 Å². The molecule has 78 valence electrons. The molecule has 1 aromatic carbocycles. The largest absolute Gasteiger partial charge is 0.399 e. The van der Waals surface area contributed by atoms with E-state index in [2.05, 4.69) is 11.4 Å². The molecule has 2 aromatic rings. The second kappa shape index (κ2) is 4.92. The van der Waals surface area contributed by atoms with Crippen LogP contribution < -0.4 is 5.73 Å². The van der Waals surface area contributed by atoms with Crippen LogP contribution in [0.25, 0.3) is 0 Å². The van der Waals surface area contributed by atoms with Gasteiger partial charge in [-0.15, -0.1) is 23.1 Å². The zero-order valence-electron chi connectivity index (χ0n) is 7.94. The molecule has 0 atom stereocenters. The zero-order valence-corrected chi connectivity index (χ0v) is 10.3. The molecule has 0 aliphatic rings. The van der Waals surface area contributed by atoms with Gasteiger partial charge < -0.3 is 5.73 Å². The molecule has 0 amide bonds. The summed E-state index contributed by atoms with van der Waals surface area (Å²) in [6.07, 6.45) is 0. The monoisotopic (exact) mass is 255 g/mol. The third-order valence-corrected chi connectivity index (χ3v) is 4.48. The lowest BCUT2D eigenvalue weighted by Crippen LogP contribution is -1.88. The summed E-state index contributed by atoms with van der Waals surface area (Å²) in [4.78, 5) is 0. The summed E-state index contributed by atoms with van der Waals surface area (Å²) >= 11 is 9.59. The molecule has 0 aliphatic heterocycles. The Hall–Kier alpha value is -0.640. The second-order valence-electron chi connectivity index (χ2n) is 3.07. The fourth-order valence-corrected chi connectivity index (χ4v) is 3.24. The van der Waals surface area contributed by atoms with Crippen LogP contribution in [0.5, 0.6) is 0 Å². The molecule has 0 unspecified atom stereocenters. The minimum atomic E-state index is 0.765. The summed E-state index contributed by atoms with van der Waals surface area (Å²) in [5.74, 6) is 0.865. The lowest BCUT2D eigenvalue weighted by Gasteiger charge is -2.04. The summed E-state index contributed by atoms with van der Waals surface area (Å²) in [7, 11) is 0. The fourth-order valence-electron chi connectivity index (χ4n) is 1.20. The molecule has 1 nitrogen and oxygen atoms in total. The molecule has 4 heteroatoms. The number of rotatable bonds is 3. The Balaban J connectivity index is 2.07. The first-order valence-electron chi connectivity index (χ1n) is 4.46. The lowest BCUT2D eigenvalue weighted by molar-refractivity contribution is 1.41. The number of benzene rings is 1. The van der Waals surface area contributed by atoms with Gasteiger partial charge in [-0.2, -0.15) is 0 Å². The van der Waals surface area contributed by atoms with E-state index in [0.29, 0.717) is 0 Å². The molecule has 0 saturated carbocycles. The quantitative estimate of drug-likeness (QED) is 0.655. The van der Waals surface area contributed by atoms with Gasteiger partial charge in [0.1, 0.15) is 0 Å². The van der Waals surface area contributed by atoms with Crippen molar-refractivity contribution in [1.29, 1.82) is 0 Å². The maximum atomic E-state index is 6.07. The second-order valence-corrected chi connectivity index (χ2v) is 5.70. The first-order valence-corrected chi connectivity index (χ1v) is 6.70. The van der Waals surface area contributed by atoms with E-state index in [1.807, 2.05) is 24.3 Å². The van der Waals surface area contributed by atoms with E-state index in [0.717, 1.165) is 22.0 Å². The number of nitrogens with two attached hydrogens (primary N) is 1. The molecule has 2 N–H and O–H groups in total. The van der Waals surface area contributed by atoms with E-state index in [1.165, 1.54) is 4.21 Å². The Bertz CT molecular complexity index is 440. The topological polar surface area (TPSA) is 26.0 Å². The number of thiophene rings is 1. The summed E-state index contributed by atoms with van der Waals surface area (Å²) in [5.41, 5.74) is 7.57. The van der Waals surface area contributed by atoms with Gasteiger partial charge in [-0.25, -0.2) is 0 Å². The molecule has 0 spiro atoms. The van der Waals surface area contributed by atoms with E-state index in [9.17, 15) is 0 Å². The molecule has 1 heterocycles. The van der Waals surface area contributed by atoms with Crippen molar-refractivity contribution >= 4 is 40.4 Å². The molecule has 0 radical (unpaired) electrons. The van der Waals surface area contributed by atoms with Gasteiger partial charge >= 0.3 is 0 Å². The van der Waals surface area contributed by atoms with Gasteiger partial charge in [-0.1, -0.05) is 17.7 Å². The van der Waals surface area contributed by atoms with E-state index in [1.54, 1.807) is 23.1 Å². The smallest absolute Gasteiger partial charge is 0.0601 e. The molecular weight excluding hydrogens is 246 g/mol. The summed E-state index contributed by atoms with van der Waals surface area (Å²) in [5, 5.41) is 2.86. The summed E-state index contributed by atoms with van der Waals surface area (Å²) < 4.78 is 1.30. The van der Waals surface area contributed by atoms with Crippen molar-refractivity contribution in [3.63, 3.8) is 0 Å². The van der Waals surface area contributed by atoms with Crippen LogP contribution in [-0.2, 0) is 5.75 Å². The average Bonchev–Trinajstić information content (AvgIpc) is 2.72. The molecule has 2 rings (SSSR count). The van der Waals surface area contributed by atoms with Crippen LogP contribution in [0.1, 0.15) is 5.56 Å². The van der Waals surface area contributed by atoms with Crippen LogP contribution in [0.2, 0.25) is 5.02 Å². The number of hydrogen-bond acceptors (Lipinski definition) is 3. The van der Waals surface area contributed by atoms with Gasteiger partial charge in [-0.05, 0) is 35.2 Å². The highest BCUT2D eigenvalue weighted by atomic mass is 35.5. The van der Waals surface area contributed by atoms with Crippen molar-refractivity contribution in [3.05, 3.63) is 46.3 Å². The van der Waals surface area contributed by atoms with Crippen molar-refractivity contribution in [2.45, 2.75) is 9.96 Å². The van der Waals surface area contributed by atoms with E-state index in [4.69, 9.17) is 17.3 Å². The highest BCUT2D eigenvalue weighted by Crippen LogP contribution is 2.30. The molecule has 15 heavy (non-hydrogen) atoms. The maximum absolute atomic E-state index is 6.07. The number of hydrogen-bond donors (Lipinski definition) is 1. The number of nitrogen functional groups attached to an aromatic ring is 1. The molecule has 0 aliphatic carbocycles. The van der Waals surface area contributed by atoms with Gasteiger partial charge in [0, 0.05) is 16.5 Å². The predicted octanol–water partition coefficient (Wildman–Crippen LogP) is 4.28. The van der Waals surface area contributed by atoms with Gasteiger partial charge in [0.2, 0.25) is 0 Å². The van der Waals surface area contributed by atoms with Gasteiger partial charge in [0.05, 0.1) is 4.21 Å². The maximum Gasteiger partial charge on any atom is 0.0601 e. The zero-order chi connectivity index (χ0) is 10.7. The first kappa shape index (κ1) is 10.9. The Morgan fingerprint density at radius 1 is 1.33 bits per heavy atom. The minimum Gasteiger partial charge on any atom is -0.399 e. The molecular formula is C11H10ClNS2. The van der Waals surface area contributed by atoms with Crippen molar-refractivity contribution < 1.29 is 0 Å². The standard InChI is InChI=1S/C11H10ClNS2/c12-10-4-3-9(13)6-8(10)7-15-11-2-1-5-14-11/h1-6H,7,13H2. The van der Waals surface area contributed by atoms with Crippen LogP contribution in [0.4, 0.5) is 5.69 Å². The van der Waals surface area contributed by atoms with Gasteiger partial charge in [0.15, 0.2) is 0 Å². The minimum absolute atomic E-state index is 0.765. The summed E-state index contributed by atoms with van der Waals surface area (Å²) in [6.45, 7) is 0. The highest BCUT2D eigenvalue weighted by Gasteiger charge is 2.02. The van der Waals surface area contributed by atoms with Crippen LogP contribution in [0.3, 0.4) is 0 Å². The predicted molar refractivity (Wildman–Crippen MR) is 69.7 cm³/mol. The van der Waals surface area contributed by atoms with Gasteiger partial charge in [0.25, 0.3) is 0 Å². The fraction of sp³-hybridized carbons (Fsp3) is 0.0909. The van der Waals surface area contributed by atoms with E-state index >= 15 is 0 Å². The number of anilines is 1. The third-order valence-electron chi connectivity index (χ3n) is 1.93. The Kier molecular flexibility index (Phi) is 3.57. The first-order chi connectivity index (χ1) is 7.25. The Morgan fingerprint density at radius 2 is 2.20 bits per heavy atom. The molecule has 0 bridgehead atoms. The van der Waals surface area contributed by atoms with Crippen molar-refractivity contribution in [3.8, 4) is 0 Å². The van der Waals surface area contributed by atoms with Crippen LogP contribution >= 0.6 is 34.7 Å². The number of halogens is 1. The van der Waals surface area contributed by atoms with Crippen LogP contribution in [-0.4, -0.2) is 0 Å². The average molecular weight is 256 g/mol. The summed E-state index contributed by atoms with van der Waals surface area (Å²) in [6, 6.07) is 9.76.